The van der Waals surface area contributed by atoms with Crippen LogP contribution in [0.4, 0.5) is 5.82 Å². The fraction of sp³-hybridized carbons (Fsp3) is 0.571. The van der Waals surface area contributed by atoms with Crippen LogP contribution in [0.1, 0.15) is 42.6 Å². The van der Waals surface area contributed by atoms with Crippen molar-refractivity contribution >= 4 is 11.7 Å². The van der Waals surface area contributed by atoms with Crippen LogP contribution in [0.25, 0.3) is 0 Å². The van der Waals surface area contributed by atoms with Gasteiger partial charge in [0.1, 0.15) is 11.5 Å². The molecule has 0 radical (unpaired) electrons. The molecule has 1 aliphatic carbocycles. The van der Waals surface area contributed by atoms with Crippen LogP contribution in [0.5, 0.6) is 0 Å². The van der Waals surface area contributed by atoms with Crippen molar-refractivity contribution in [2.45, 2.75) is 38.1 Å². The van der Waals surface area contributed by atoms with E-state index in [0.29, 0.717) is 23.5 Å². The van der Waals surface area contributed by atoms with Gasteiger partial charge >= 0.3 is 0 Å². The molecule has 2 heterocycles. The summed E-state index contributed by atoms with van der Waals surface area (Å²) in [6.45, 7) is 0.880. The maximum atomic E-state index is 12.5. The van der Waals surface area contributed by atoms with Gasteiger partial charge in [0.2, 0.25) is 0 Å². The van der Waals surface area contributed by atoms with E-state index < -0.39 is 0 Å². The molecule has 2 aliphatic rings. The topological polar surface area (TPSA) is 59.2 Å². The third kappa shape index (κ3) is 1.96. The van der Waals surface area contributed by atoms with Crippen molar-refractivity contribution < 1.29 is 4.79 Å². The molecule has 4 nitrogen and oxygen atoms in total. The Kier molecular flexibility index (Phi) is 2.94. The lowest BCUT2D eigenvalue weighted by molar-refractivity contribution is 0.0684. The molecule has 1 saturated carbocycles. The third-order valence-electron chi connectivity index (χ3n) is 4.26. The molecule has 0 spiro atoms. The number of likely N-dealkylation sites (tertiary alicyclic amines) is 1. The lowest BCUT2D eigenvalue weighted by Gasteiger charge is -2.31. The number of nitrogen functional groups attached to an aromatic ring is 1. The van der Waals surface area contributed by atoms with Crippen LogP contribution in [0.15, 0.2) is 18.2 Å². The number of fused-ring (bicyclic) bond motifs is 1. The van der Waals surface area contributed by atoms with Gasteiger partial charge in [-0.25, -0.2) is 4.98 Å². The van der Waals surface area contributed by atoms with Crippen molar-refractivity contribution in [1.29, 1.82) is 0 Å². The zero-order valence-corrected chi connectivity index (χ0v) is 10.5. The molecule has 0 aromatic carbocycles. The van der Waals surface area contributed by atoms with Gasteiger partial charge in [0.15, 0.2) is 0 Å². The molecule has 3 rings (SSSR count). The van der Waals surface area contributed by atoms with Crippen LogP contribution in [0.2, 0.25) is 0 Å². The summed E-state index contributed by atoms with van der Waals surface area (Å²) in [6.07, 6.45) is 6.14. The number of rotatable bonds is 1. The fourth-order valence-electron chi connectivity index (χ4n) is 3.38. The van der Waals surface area contributed by atoms with Crippen LogP contribution in [-0.4, -0.2) is 28.4 Å². The first-order valence-electron chi connectivity index (χ1n) is 6.79. The normalized spacial score (nSPS) is 27.0. The number of pyridine rings is 1. The van der Waals surface area contributed by atoms with E-state index in [0.717, 1.165) is 19.4 Å². The van der Waals surface area contributed by atoms with E-state index in [4.69, 9.17) is 5.73 Å². The number of anilines is 1. The first-order chi connectivity index (χ1) is 8.75. The van der Waals surface area contributed by atoms with Crippen molar-refractivity contribution in [1.82, 2.24) is 9.88 Å². The van der Waals surface area contributed by atoms with Crippen molar-refractivity contribution in [2.24, 2.45) is 5.92 Å². The van der Waals surface area contributed by atoms with Gasteiger partial charge < -0.3 is 10.6 Å². The minimum absolute atomic E-state index is 0.0525. The molecule has 2 fully saturated rings. The second-order valence-electron chi connectivity index (χ2n) is 5.35. The van der Waals surface area contributed by atoms with E-state index in [1.54, 1.807) is 18.2 Å². The molecular weight excluding hydrogens is 226 g/mol. The maximum Gasteiger partial charge on any atom is 0.272 e. The van der Waals surface area contributed by atoms with Crippen molar-refractivity contribution in [3.8, 4) is 0 Å². The second-order valence-corrected chi connectivity index (χ2v) is 5.35. The molecule has 18 heavy (non-hydrogen) atoms. The van der Waals surface area contributed by atoms with Gasteiger partial charge in [0.25, 0.3) is 5.91 Å². The van der Waals surface area contributed by atoms with Crippen molar-refractivity contribution in [3.05, 3.63) is 23.9 Å². The minimum Gasteiger partial charge on any atom is -0.384 e. The van der Waals surface area contributed by atoms with Gasteiger partial charge in [-0.2, -0.15) is 0 Å². The maximum absolute atomic E-state index is 12.5. The SMILES string of the molecule is Nc1cccc(C(=O)N2CCC3CCCCC32)n1. The standard InChI is InChI=1S/C14H19N3O/c15-13-7-3-5-11(16-13)14(18)17-9-8-10-4-1-2-6-12(10)17/h3,5,7,10,12H,1-2,4,6,8-9H2,(H2,15,16). The number of carbonyl (C=O) groups excluding carboxylic acids is 1. The summed E-state index contributed by atoms with van der Waals surface area (Å²) in [6, 6.07) is 5.71. The number of carbonyl (C=O) groups is 1. The highest BCUT2D eigenvalue weighted by Crippen LogP contribution is 2.36. The number of amides is 1. The second kappa shape index (κ2) is 4.59. The summed E-state index contributed by atoms with van der Waals surface area (Å²) in [5.74, 6) is 1.18. The Hall–Kier alpha value is -1.58. The fourth-order valence-corrected chi connectivity index (χ4v) is 3.38. The summed E-state index contributed by atoms with van der Waals surface area (Å²) in [4.78, 5) is 18.6. The predicted molar refractivity (Wildman–Crippen MR) is 70.0 cm³/mol. The van der Waals surface area contributed by atoms with Gasteiger partial charge in [-0.05, 0) is 37.3 Å². The largest absolute Gasteiger partial charge is 0.384 e. The van der Waals surface area contributed by atoms with Crippen LogP contribution >= 0.6 is 0 Å². The summed E-state index contributed by atoms with van der Waals surface area (Å²) in [5, 5.41) is 0. The Morgan fingerprint density at radius 2 is 2.11 bits per heavy atom. The number of hydrogen-bond acceptors (Lipinski definition) is 3. The van der Waals surface area contributed by atoms with Crippen LogP contribution < -0.4 is 5.73 Å². The molecule has 96 valence electrons. The quantitative estimate of drug-likeness (QED) is 0.824. The van der Waals surface area contributed by atoms with E-state index in [1.807, 2.05) is 4.90 Å². The number of hydrogen-bond donors (Lipinski definition) is 1. The lowest BCUT2D eigenvalue weighted by Crippen LogP contribution is -2.39. The van der Waals surface area contributed by atoms with Gasteiger partial charge in [-0.1, -0.05) is 18.9 Å². The average Bonchev–Trinajstić information content (AvgIpc) is 2.82. The third-order valence-corrected chi connectivity index (χ3v) is 4.26. The van der Waals surface area contributed by atoms with Gasteiger partial charge in [0, 0.05) is 12.6 Å². The van der Waals surface area contributed by atoms with E-state index in [1.165, 1.54) is 19.3 Å². The zero-order chi connectivity index (χ0) is 12.5. The average molecular weight is 245 g/mol. The lowest BCUT2D eigenvalue weighted by atomic mass is 9.85. The number of nitrogens with zero attached hydrogens (tertiary/aromatic N) is 2. The van der Waals surface area contributed by atoms with Crippen LogP contribution in [-0.2, 0) is 0 Å². The van der Waals surface area contributed by atoms with Crippen molar-refractivity contribution in [2.75, 3.05) is 12.3 Å². The predicted octanol–water partition coefficient (Wildman–Crippen LogP) is 2.07. The summed E-state index contributed by atoms with van der Waals surface area (Å²) >= 11 is 0. The number of aromatic nitrogens is 1. The molecule has 4 heteroatoms. The van der Waals surface area contributed by atoms with Crippen molar-refractivity contribution in [3.63, 3.8) is 0 Å². The Morgan fingerprint density at radius 3 is 2.94 bits per heavy atom. The molecule has 1 amide bonds. The van der Waals surface area contributed by atoms with Crippen LogP contribution in [0, 0.1) is 5.92 Å². The molecule has 1 aromatic rings. The Labute approximate surface area is 107 Å². The zero-order valence-electron chi connectivity index (χ0n) is 10.5. The van der Waals surface area contributed by atoms with E-state index in [-0.39, 0.29) is 5.91 Å². The first kappa shape index (κ1) is 11.5. The monoisotopic (exact) mass is 245 g/mol. The molecule has 2 N–H and O–H groups in total. The highest BCUT2D eigenvalue weighted by Gasteiger charge is 2.38. The van der Waals surface area contributed by atoms with Gasteiger partial charge in [-0.15, -0.1) is 0 Å². The summed E-state index contributed by atoms with van der Waals surface area (Å²) in [5.41, 5.74) is 6.13. The first-order valence-corrected chi connectivity index (χ1v) is 6.79. The Morgan fingerprint density at radius 1 is 1.28 bits per heavy atom. The van der Waals surface area contributed by atoms with E-state index >= 15 is 0 Å². The molecule has 0 bridgehead atoms. The highest BCUT2D eigenvalue weighted by atomic mass is 16.2. The number of nitrogens with two attached hydrogens (primary N) is 1. The Bertz CT molecular complexity index is 460. The Balaban J connectivity index is 1.80. The molecule has 1 saturated heterocycles. The molecule has 2 atom stereocenters. The minimum atomic E-state index is 0.0525. The van der Waals surface area contributed by atoms with E-state index in [9.17, 15) is 4.79 Å². The summed E-state index contributed by atoms with van der Waals surface area (Å²) in [7, 11) is 0. The van der Waals surface area contributed by atoms with Gasteiger partial charge in [-0.3, -0.25) is 4.79 Å². The highest BCUT2D eigenvalue weighted by molar-refractivity contribution is 5.93. The summed E-state index contributed by atoms with van der Waals surface area (Å²) < 4.78 is 0. The molecule has 1 aliphatic heterocycles. The molecule has 2 unspecified atom stereocenters. The van der Waals surface area contributed by atoms with Gasteiger partial charge in [0.05, 0.1) is 0 Å². The van der Waals surface area contributed by atoms with Crippen LogP contribution in [0.3, 0.4) is 0 Å². The molecular formula is C14H19N3O. The molecule has 1 aromatic heterocycles. The smallest absolute Gasteiger partial charge is 0.272 e. The van der Waals surface area contributed by atoms with E-state index in [2.05, 4.69) is 4.98 Å².